The van der Waals surface area contributed by atoms with Crippen molar-refractivity contribution in [1.82, 2.24) is 0 Å². The zero-order chi connectivity index (χ0) is 36.3. The number of benzene rings is 9. The molecule has 0 saturated heterocycles. The molecule has 0 unspecified atom stereocenters. The molecule has 11 aromatic rings. The molecular weight excluding hydrogens is 703 g/mol. The Hall–Kier alpha value is -6.52. The Bertz CT molecular complexity index is 3200. The lowest BCUT2D eigenvalue weighted by molar-refractivity contribution is 1.29. The second-order valence-electron chi connectivity index (χ2n) is 14.1. The fourth-order valence-electron chi connectivity index (χ4n) is 8.16. The van der Waals surface area contributed by atoms with Crippen LogP contribution in [0.25, 0.3) is 84.5 Å². The van der Waals surface area contributed by atoms with Crippen LogP contribution in [0, 0.1) is 0 Å². The molecule has 55 heavy (non-hydrogen) atoms. The molecule has 1 nitrogen and oxygen atoms in total. The summed E-state index contributed by atoms with van der Waals surface area (Å²) < 4.78 is 5.26. The van der Waals surface area contributed by atoms with E-state index in [1.54, 1.807) is 0 Å². The Labute approximate surface area is 327 Å². The van der Waals surface area contributed by atoms with Gasteiger partial charge >= 0.3 is 0 Å². The average Bonchev–Trinajstić information content (AvgIpc) is 3.82. The van der Waals surface area contributed by atoms with Gasteiger partial charge in [-0.1, -0.05) is 133 Å². The van der Waals surface area contributed by atoms with E-state index in [4.69, 9.17) is 0 Å². The molecule has 0 radical (unpaired) electrons. The number of hydrogen-bond donors (Lipinski definition) is 0. The minimum absolute atomic E-state index is 1.12. The molecule has 0 fully saturated rings. The molecular formula is C52H33NS2. The van der Waals surface area contributed by atoms with Gasteiger partial charge in [-0.05, 0) is 111 Å². The molecule has 9 aromatic carbocycles. The number of hydrogen-bond acceptors (Lipinski definition) is 3. The minimum atomic E-state index is 1.12. The highest BCUT2D eigenvalue weighted by Crippen LogP contribution is 2.43. The quantitative estimate of drug-likeness (QED) is 0.164. The molecule has 0 saturated carbocycles. The van der Waals surface area contributed by atoms with Gasteiger partial charge in [0.2, 0.25) is 0 Å². The lowest BCUT2D eigenvalue weighted by atomic mass is 9.97. The van der Waals surface area contributed by atoms with Gasteiger partial charge in [-0.25, -0.2) is 0 Å². The third-order valence-corrected chi connectivity index (χ3v) is 13.1. The molecule has 0 aliphatic rings. The normalized spacial score (nSPS) is 11.6. The maximum absolute atomic E-state index is 2.39. The van der Waals surface area contributed by atoms with Crippen molar-refractivity contribution in [2.24, 2.45) is 0 Å². The maximum Gasteiger partial charge on any atom is 0.0476 e. The summed E-state index contributed by atoms with van der Waals surface area (Å²) in [5.74, 6) is 0. The van der Waals surface area contributed by atoms with E-state index in [1.165, 1.54) is 84.5 Å². The van der Waals surface area contributed by atoms with Crippen LogP contribution in [-0.2, 0) is 0 Å². The van der Waals surface area contributed by atoms with E-state index < -0.39 is 0 Å². The summed E-state index contributed by atoms with van der Waals surface area (Å²) in [7, 11) is 0. The van der Waals surface area contributed by atoms with E-state index in [2.05, 4.69) is 205 Å². The van der Waals surface area contributed by atoms with E-state index in [1.807, 2.05) is 22.7 Å². The zero-order valence-corrected chi connectivity index (χ0v) is 31.4. The van der Waals surface area contributed by atoms with Gasteiger partial charge in [-0.15, -0.1) is 22.7 Å². The fourth-order valence-corrected chi connectivity index (χ4v) is 10.4. The van der Waals surface area contributed by atoms with Crippen molar-refractivity contribution < 1.29 is 0 Å². The third-order valence-electron chi connectivity index (χ3n) is 10.9. The van der Waals surface area contributed by atoms with Gasteiger partial charge < -0.3 is 4.90 Å². The fraction of sp³-hybridized carbons (Fsp3) is 0. The van der Waals surface area contributed by atoms with Crippen LogP contribution in [-0.4, -0.2) is 0 Å². The second kappa shape index (κ2) is 13.1. The average molecular weight is 736 g/mol. The molecule has 258 valence electrons. The number of nitrogens with zero attached hydrogens (tertiary/aromatic N) is 1. The molecule has 0 spiro atoms. The number of anilines is 3. The van der Waals surface area contributed by atoms with Crippen LogP contribution in [0.15, 0.2) is 200 Å². The van der Waals surface area contributed by atoms with E-state index in [0.29, 0.717) is 0 Å². The lowest BCUT2D eigenvalue weighted by Gasteiger charge is -2.26. The standard InChI is InChI=1S/C52H33NS2/c1-2-10-37-32-40(20-19-34(37)9-1)39-12-7-11-38(31-39)35-21-25-41(26-22-35)53(43-29-30-46-45-13-3-5-16-48(45)55-51(46)33-43)42-27-23-36(24-28-42)44-15-8-18-50-52(44)47-14-4-6-17-49(47)54-50/h1-33H. The Kier molecular flexibility index (Phi) is 7.61. The summed E-state index contributed by atoms with van der Waals surface area (Å²) >= 11 is 3.73. The van der Waals surface area contributed by atoms with Gasteiger partial charge in [0.05, 0.1) is 0 Å². The number of fused-ring (bicyclic) bond motifs is 7. The summed E-state index contributed by atoms with van der Waals surface area (Å²) in [6.07, 6.45) is 0. The number of thiophene rings is 2. The topological polar surface area (TPSA) is 3.24 Å². The van der Waals surface area contributed by atoms with Gasteiger partial charge in [0, 0.05) is 57.4 Å². The van der Waals surface area contributed by atoms with Crippen LogP contribution in [0.2, 0.25) is 0 Å². The molecule has 2 heterocycles. The molecule has 0 amide bonds. The SMILES string of the molecule is c1cc(-c2ccc(N(c3ccc(-c4cccc5sc6ccccc6c45)cc3)c3ccc4c(c3)sc3ccccc34)cc2)cc(-c2ccc3ccccc3c2)c1. The van der Waals surface area contributed by atoms with Crippen molar-refractivity contribution in [2.75, 3.05) is 4.90 Å². The van der Waals surface area contributed by atoms with Crippen LogP contribution < -0.4 is 4.90 Å². The molecule has 0 bridgehead atoms. The largest absolute Gasteiger partial charge is 0.310 e. The van der Waals surface area contributed by atoms with Crippen molar-refractivity contribution in [3.8, 4) is 33.4 Å². The Balaban J connectivity index is 0.992. The molecule has 0 atom stereocenters. The van der Waals surface area contributed by atoms with Crippen molar-refractivity contribution >= 4 is 90.9 Å². The molecule has 11 rings (SSSR count). The monoisotopic (exact) mass is 735 g/mol. The first-order valence-electron chi connectivity index (χ1n) is 18.7. The molecule has 0 aliphatic carbocycles. The second-order valence-corrected chi connectivity index (χ2v) is 16.3. The van der Waals surface area contributed by atoms with E-state index in [-0.39, 0.29) is 0 Å². The van der Waals surface area contributed by atoms with Crippen molar-refractivity contribution in [2.45, 2.75) is 0 Å². The predicted octanol–water partition coefficient (Wildman–Crippen LogP) is 16.0. The first-order chi connectivity index (χ1) is 27.2. The first-order valence-corrected chi connectivity index (χ1v) is 20.3. The van der Waals surface area contributed by atoms with Crippen LogP contribution in [0.1, 0.15) is 0 Å². The van der Waals surface area contributed by atoms with Gasteiger partial charge in [0.1, 0.15) is 0 Å². The minimum Gasteiger partial charge on any atom is -0.310 e. The maximum atomic E-state index is 2.39. The number of rotatable bonds is 6. The van der Waals surface area contributed by atoms with Crippen molar-refractivity contribution in [3.05, 3.63) is 200 Å². The summed E-state index contributed by atoms with van der Waals surface area (Å²) in [6, 6.07) is 73.4. The lowest BCUT2D eigenvalue weighted by Crippen LogP contribution is -2.09. The van der Waals surface area contributed by atoms with Crippen LogP contribution in [0.4, 0.5) is 17.1 Å². The van der Waals surface area contributed by atoms with Gasteiger partial charge in [-0.2, -0.15) is 0 Å². The van der Waals surface area contributed by atoms with Crippen molar-refractivity contribution in [1.29, 1.82) is 0 Å². The van der Waals surface area contributed by atoms with Gasteiger partial charge in [0.15, 0.2) is 0 Å². The van der Waals surface area contributed by atoms with Gasteiger partial charge in [-0.3, -0.25) is 0 Å². The van der Waals surface area contributed by atoms with E-state index in [0.717, 1.165) is 17.1 Å². The summed E-state index contributed by atoms with van der Waals surface area (Å²) in [5.41, 5.74) is 10.7. The molecule has 2 aromatic heterocycles. The van der Waals surface area contributed by atoms with Crippen LogP contribution in [0.3, 0.4) is 0 Å². The van der Waals surface area contributed by atoms with Crippen LogP contribution in [0.5, 0.6) is 0 Å². The van der Waals surface area contributed by atoms with E-state index in [9.17, 15) is 0 Å². The first kappa shape index (κ1) is 32.0. The highest BCUT2D eigenvalue weighted by molar-refractivity contribution is 7.26. The zero-order valence-electron chi connectivity index (χ0n) is 29.8. The molecule has 0 N–H and O–H groups in total. The highest BCUT2D eigenvalue weighted by atomic mass is 32.1. The van der Waals surface area contributed by atoms with Gasteiger partial charge in [0.25, 0.3) is 0 Å². The summed E-state index contributed by atoms with van der Waals surface area (Å²) in [6.45, 7) is 0. The predicted molar refractivity (Wildman–Crippen MR) is 241 cm³/mol. The Morgan fingerprint density at radius 3 is 1.64 bits per heavy atom. The molecule has 0 aliphatic heterocycles. The van der Waals surface area contributed by atoms with E-state index >= 15 is 0 Å². The summed E-state index contributed by atoms with van der Waals surface area (Å²) in [4.78, 5) is 2.39. The van der Waals surface area contributed by atoms with Crippen LogP contribution >= 0.6 is 22.7 Å². The third kappa shape index (κ3) is 5.60. The Morgan fingerprint density at radius 2 is 0.836 bits per heavy atom. The highest BCUT2D eigenvalue weighted by Gasteiger charge is 2.17. The smallest absolute Gasteiger partial charge is 0.0476 e. The molecule has 3 heteroatoms. The Morgan fingerprint density at radius 1 is 0.291 bits per heavy atom. The summed E-state index contributed by atoms with van der Waals surface area (Å²) in [5, 5.41) is 7.80. The van der Waals surface area contributed by atoms with Crippen molar-refractivity contribution in [3.63, 3.8) is 0 Å².